The van der Waals surface area contributed by atoms with Crippen LogP contribution in [-0.4, -0.2) is 37.3 Å². The van der Waals surface area contributed by atoms with Gasteiger partial charge in [-0.15, -0.1) is 11.3 Å². The van der Waals surface area contributed by atoms with Crippen molar-refractivity contribution < 1.29 is 23.7 Å². The van der Waals surface area contributed by atoms with E-state index in [2.05, 4.69) is 9.97 Å². The molecule has 3 aromatic rings. The number of thiophene rings is 1. The van der Waals surface area contributed by atoms with Crippen LogP contribution in [0.25, 0.3) is 10.2 Å². The first-order valence-corrected chi connectivity index (χ1v) is 9.63. The van der Waals surface area contributed by atoms with Gasteiger partial charge in [0.1, 0.15) is 16.1 Å². The number of H-pyrrole nitrogens is 1. The zero-order valence-electron chi connectivity index (χ0n) is 17.0. The molecule has 9 heteroatoms. The van der Waals surface area contributed by atoms with E-state index in [1.54, 1.807) is 13.0 Å². The highest BCUT2D eigenvalue weighted by molar-refractivity contribution is 7.18. The normalized spacial score (nSPS) is 11.9. The summed E-state index contributed by atoms with van der Waals surface area (Å²) in [6.07, 6.45) is -0.778. The van der Waals surface area contributed by atoms with Gasteiger partial charge in [-0.3, -0.25) is 4.79 Å². The third-order valence-electron chi connectivity index (χ3n) is 4.65. The summed E-state index contributed by atoms with van der Waals surface area (Å²) in [5.41, 5.74) is 0.826. The number of methoxy groups -OCH3 is 3. The second kappa shape index (κ2) is 8.12. The van der Waals surface area contributed by atoms with Crippen molar-refractivity contribution in [1.82, 2.24) is 9.97 Å². The molecule has 8 nitrogen and oxygen atoms in total. The summed E-state index contributed by atoms with van der Waals surface area (Å²) in [7, 11) is 4.40. The number of carbonyl (C=O) groups excluding carboxylic acids is 1. The molecule has 1 N–H and O–H groups in total. The lowest BCUT2D eigenvalue weighted by Crippen LogP contribution is -2.17. The van der Waals surface area contributed by atoms with Crippen LogP contribution in [0.15, 0.2) is 16.9 Å². The maximum atomic E-state index is 12.8. The van der Waals surface area contributed by atoms with Crippen molar-refractivity contribution >= 4 is 27.5 Å². The number of benzene rings is 1. The molecule has 0 spiro atoms. The van der Waals surface area contributed by atoms with Gasteiger partial charge in [-0.1, -0.05) is 0 Å². The number of aromatic nitrogens is 2. The highest BCUT2D eigenvalue weighted by Gasteiger charge is 2.23. The Morgan fingerprint density at radius 1 is 1.07 bits per heavy atom. The molecule has 0 aliphatic carbocycles. The third kappa shape index (κ3) is 3.77. The zero-order valence-corrected chi connectivity index (χ0v) is 17.9. The van der Waals surface area contributed by atoms with Crippen LogP contribution < -0.4 is 19.8 Å². The molecule has 0 unspecified atom stereocenters. The predicted molar refractivity (Wildman–Crippen MR) is 110 cm³/mol. The minimum Gasteiger partial charge on any atom is -0.496 e. The fraction of sp³-hybridized carbons (Fsp3) is 0.350. The number of carbonyl (C=O) groups is 1. The van der Waals surface area contributed by atoms with E-state index in [0.717, 1.165) is 10.4 Å². The average Bonchev–Trinajstić information content (AvgIpc) is 3.00. The number of ether oxygens (including phenoxy) is 4. The molecule has 0 saturated carbocycles. The number of esters is 1. The Morgan fingerprint density at radius 3 is 2.31 bits per heavy atom. The molecule has 2 heterocycles. The number of aryl methyl sites for hydroxylation is 2. The Kier molecular flexibility index (Phi) is 5.78. The van der Waals surface area contributed by atoms with Gasteiger partial charge in [0.15, 0.2) is 23.4 Å². The number of hydrogen-bond donors (Lipinski definition) is 1. The number of aromatic amines is 1. The molecule has 154 valence electrons. The van der Waals surface area contributed by atoms with E-state index in [-0.39, 0.29) is 22.7 Å². The van der Waals surface area contributed by atoms with Crippen LogP contribution in [0, 0.1) is 13.8 Å². The average molecular weight is 418 g/mol. The molecule has 29 heavy (non-hydrogen) atoms. The molecule has 0 aliphatic rings. The maximum absolute atomic E-state index is 12.8. The fourth-order valence-electron chi connectivity index (χ4n) is 2.93. The van der Waals surface area contributed by atoms with Gasteiger partial charge in [0.05, 0.1) is 26.7 Å². The minimum atomic E-state index is -0.778. The van der Waals surface area contributed by atoms with Crippen LogP contribution >= 0.6 is 11.3 Å². The van der Waals surface area contributed by atoms with Crippen molar-refractivity contribution in [3.63, 3.8) is 0 Å². The number of nitrogens with one attached hydrogen (secondary N) is 1. The molecular weight excluding hydrogens is 396 g/mol. The summed E-state index contributed by atoms with van der Waals surface area (Å²) in [6.45, 7) is 5.47. The molecule has 2 aromatic heterocycles. The first-order valence-electron chi connectivity index (χ1n) is 8.81. The summed E-state index contributed by atoms with van der Waals surface area (Å²) >= 11 is 1.43. The van der Waals surface area contributed by atoms with Crippen LogP contribution in [0.4, 0.5) is 0 Å². The monoisotopic (exact) mass is 418 g/mol. The summed E-state index contributed by atoms with van der Waals surface area (Å²) < 4.78 is 21.3. The highest BCUT2D eigenvalue weighted by Crippen LogP contribution is 2.35. The van der Waals surface area contributed by atoms with E-state index < -0.39 is 12.1 Å². The lowest BCUT2D eigenvalue weighted by Gasteiger charge is -2.16. The molecule has 0 bridgehead atoms. The molecule has 1 aromatic carbocycles. The molecule has 0 aliphatic heterocycles. The van der Waals surface area contributed by atoms with Crippen molar-refractivity contribution in [1.29, 1.82) is 0 Å². The van der Waals surface area contributed by atoms with Gasteiger partial charge in [-0.2, -0.15) is 0 Å². The number of rotatable bonds is 6. The van der Waals surface area contributed by atoms with Gasteiger partial charge in [0.2, 0.25) is 0 Å². The lowest BCUT2D eigenvalue weighted by atomic mass is 10.1. The number of hydrogen-bond acceptors (Lipinski definition) is 8. The van der Waals surface area contributed by atoms with Gasteiger partial charge in [-0.05, 0) is 26.3 Å². The molecule has 1 atom stereocenters. The second-order valence-electron chi connectivity index (χ2n) is 6.37. The Labute approximate surface area is 171 Å². The van der Waals surface area contributed by atoms with Crippen molar-refractivity contribution in [2.24, 2.45) is 0 Å². The Morgan fingerprint density at radius 2 is 1.69 bits per heavy atom. The van der Waals surface area contributed by atoms with Crippen molar-refractivity contribution in [2.45, 2.75) is 26.9 Å². The van der Waals surface area contributed by atoms with Crippen LogP contribution in [0.3, 0.4) is 0 Å². The zero-order chi connectivity index (χ0) is 21.3. The summed E-state index contributed by atoms with van der Waals surface area (Å²) in [4.78, 5) is 34.1. The van der Waals surface area contributed by atoms with Crippen molar-refractivity contribution in [2.75, 3.05) is 21.3 Å². The smallest absolute Gasteiger partial charge is 0.342 e. The molecule has 3 rings (SSSR count). The van der Waals surface area contributed by atoms with E-state index in [1.807, 2.05) is 13.8 Å². The molecule has 0 saturated heterocycles. The van der Waals surface area contributed by atoms with Crippen LogP contribution in [-0.2, 0) is 4.74 Å². The predicted octanol–water partition coefficient (Wildman–Crippen LogP) is 3.55. The Balaban J connectivity index is 1.93. The number of nitrogens with zero attached hydrogens (tertiary/aromatic N) is 1. The topological polar surface area (TPSA) is 99.7 Å². The van der Waals surface area contributed by atoms with E-state index >= 15 is 0 Å². The summed E-state index contributed by atoms with van der Waals surface area (Å²) in [6, 6.07) is 3.03. The Hall–Kier alpha value is -3.07. The highest BCUT2D eigenvalue weighted by atomic mass is 32.1. The standard InChI is InChI=1S/C20H22N2O6S/c1-9-11(3)29-19-16(9)18(23)21-17(22-19)10(2)28-20(24)12-7-14(26-5)15(27-6)8-13(12)25-4/h7-8,10H,1-6H3,(H,21,22,23)/t10-/m1/s1. The lowest BCUT2D eigenvalue weighted by molar-refractivity contribution is 0.0316. The second-order valence-corrected chi connectivity index (χ2v) is 7.57. The van der Waals surface area contributed by atoms with Crippen molar-refractivity contribution in [3.8, 4) is 17.2 Å². The Bertz CT molecular complexity index is 1130. The van der Waals surface area contributed by atoms with Crippen LogP contribution in [0.5, 0.6) is 17.2 Å². The van der Waals surface area contributed by atoms with E-state index in [4.69, 9.17) is 18.9 Å². The van der Waals surface area contributed by atoms with E-state index in [0.29, 0.717) is 21.7 Å². The largest absolute Gasteiger partial charge is 0.496 e. The first-order chi connectivity index (χ1) is 13.8. The minimum absolute atomic E-state index is 0.170. The fourth-order valence-corrected chi connectivity index (χ4v) is 3.97. The maximum Gasteiger partial charge on any atom is 0.342 e. The SMILES string of the molecule is COc1cc(OC)c(C(=O)O[C@H](C)c2nc3sc(C)c(C)c3c(=O)[nH]2)cc1OC. The van der Waals surface area contributed by atoms with E-state index in [9.17, 15) is 9.59 Å². The van der Waals surface area contributed by atoms with Crippen LogP contribution in [0.1, 0.15) is 39.7 Å². The van der Waals surface area contributed by atoms with Gasteiger partial charge in [0, 0.05) is 17.0 Å². The van der Waals surface area contributed by atoms with Gasteiger partial charge in [-0.25, -0.2) is 9.78 Å². The summed E-state index contributed by atoms with van der Waals surface area (Å²) in [5.74, 6) is 0.702. The van der Waals surface area contributed by atoms with E-state index in [1.165, 1.54) is 38.7 Å². The third-order valence-corrected chi connectivity index (χ3v) is 5.75. The molecule has 0 amide bonds. The molecule has 0 radical (unpaired) electrons. The summed E-state index contributed by atoms with van der Waals surface area (Å²) in [5, 5.41) is 0.566. The number of fused-ring (bicyclic) bond motifs is 1. The molecular formula is C20H22N2O6S. The molecule has 0 fully saturated rings. The quantitative estimate of drug-likeness (QED) is 0.611. The van der Waals surface area contributed by atoms with Gasteiger partial charge < -0.3 is 23.9 Å². The first kappa shape index (κ1) is 20.7. The van der Waals surface area contributed by atoms with Gasteiger partial charge in [0.25, 0.3) is 5.56 Å². The van der Waals surface area contributed by atoms with Gasteiger partial charge >= 0.3 is 5.97 Å². The van der Waals surface area contributed by atoms with Crippen molar-refractivity contribution in [3.05, 3.63) is 44.3 Å². The van der Waals surface area contributed by atoms with Crippen LogP contribution in [0.2, 0.25) is 0 Å².